The molecule has 148 valence electrons. The van der Waals surface area contributed by atoms with Crippen LogP contribution in [0.15, 0.2) is 64.3 Å². The summed E-state index contributed by atoms with van der Waals surface area (Å²) in [5, 5.41) is 5.11. The number of carbonyl (C=O) groups excluding carboxylic acids is 2. The maximum absolute atomic E-state index is 13.9. The first kappa shape index (κ1) is 19.7. The van der Waals surface area contributed by atoms with Crippen molar-refractivity contribution < 1.29 is 14.0 Å². The van der Waals surface area contributed by atoms with Gasteiger partial charge in [0.2, 0.25) is 5.91 Å². The largest absolute Gasteiger partial charge is 0.328 e. The highest BCUT2D eigenvalue weighted by Crippen LogP contribution is 2.15. The molecule has 0 unspecified atom stereocenters. The minimum Gasteiger partial charge on any atom is -0.326 e. The monoisotopic (exact) mass is 396 g/mol. The van der Waals surface area contributed by atoms with Gasteiger partial charge in [0.15, 0.2) is 0 Å². The van der Waals surface area contributed by atoms with E-state index >= 15 is 0 Å². The molecule has 0 aliphatic heterocycles. The Morgan fingerprint density at radius 1 is 1.03 bits per heavy atom. The molecule has 9 heteroatoms. The topological polar surface area (TPSA) is 113 Å². The molecule has 0 saturated carbocycles. The predicted octanol–water partition coefficient (Wildman–Crippen LogP) is 1.93. The number of aromatic amines is 1. The number of nitrogens with one attached hydrogen (secondary N) is 3. The molecule has 0 saturated heterocycles. The number of carbonyl (C=O) groups is 2. The van der Waals surface area contributed by atoms with Gasteiger partial charge in [-0.15, -0.1) is 0 Å². The molecule has 0 fully saturated rings. The summed E-state index contributed by atoms with van der Waals surface area (Å²) in [6.07, 6.45) is 1.01. The third-order valence-electron chi connectivity index (χ3n) is 4.03. The van der Waals surface area contributed by atoms with Gasteiger partial charge in [-0.3, -0.25) is 19.0 Å². The van der Waals surface area contributed by atoms with Crippen molar-refractivity contribution in [1.29, 1.82) is 0 Å². The molecule has 3 rings (SSSR count). The lowest BCUT2D eigenvalue weighted by Gasteiger charge is -2.10. The Bertz CT molecular complexity index is 1200. The molecule has 1 heterocycles. The first-order chi connectivity index (χ1) is 13.8. The zero-order valence-electron chi connectivity index (χ0n) is 15.4. The number of nitrogens with zero attached hydrogens (tertiary/aromatic N) is 1. The smallest absolute Gasteiger partial charge is 0.326 e. The highest BCUT2D eigenvalue weighted by atomic mass is 19.1. The summed E-state index contributed by atoms with van der Waals surface area (Å²) >= 11 is 0. The molecule has 0 atom stereocenters. The number of benzene rings is 2. The Morgan fingerprint density at radius 2 is 1.72 bits per heavy atom. The molecule has 2 aromatic carbocycles. The van der Waals surface area contributed by atoms with Gasteiger partial charge in [-0.05, 0) is 24.3 Å². The Hall–Kier alpha value is -4.01. The van der Waals surface area contributed by atoms with E-state index in [0.29, 0.717) is 11.4 Å². The molecular weight excluding hydrogens is 379 g/mol. The summed E-state index contributed by atoms with van der Waals surface area (Å²) in [6, 6.07) is 12.1. The van der Waals surface area contributed by atoms with Gasteiger partial charge in [0.25, 0.3) is 11.5 Å². The molecule has 0 bridgehead atoms. The van der Waals surface area contributed by atoms with Crippen LogP contribution in [0.4, 0.5) is 15.8 Å². The fraction of sp³-hybridized carbons (Fsp3) is 0.100. The second kappa shape index (κ2) is 8.34. The van der Waals surface area contributed by atoms with Crippen molar-refractivity contribution in [2.24, 2.45) is 0 Å². The standard InChI is InChI=1S/C20H17FN4O4/c1-12(26)23-14-6-4-7-15(9-14)24-18(27)16-10-22-20(29)25(19(16)28)11-13-5-2-3-8-17(13)21/h2-10H,11H2,1H3,(H,22,29)(H,23,26)(H,24,27). The molecule has 8 nitrogen and oxygen atoms in total. The quantitative estimate of drug-likeness (QED) is 0.612. The molecule has 0 spiro atoms. The highest BCUT2D eigenvalue weighted by Gasteiger charge is 2.16. The second-order valence-electron chi connectivity index (χ2n) is 6.21. The van der Waals surface area contributed by atoms with Crippen LogP contribution in [0.2, 0.25) is 0 Å². The van der Waals surface area contributed by atoms with E-state index in [4.69, 9.17) is 0 Å². The Morgan fingerprint density at radius 3 is 2.41 bits per heavy atom. The van der Waals surface area contributed by atoms with E-state index in [1.807, 2.05) is 0 Å². The zero-order valence-corrected chi connectivity index (χ0v) is 15.4. The van der Waals surface area contributed by atoms with Crippen LogP contribution in [-0.4, -0.2) is 21.4 Å². The molecule has 3 aromatic rings. The summed E-state index contributed by atoms with van der Waals surface area (Å²) in [5.74, 6) is -1.60. The van der Waals surface area contributed by atoms with E-state index in [9.17, 15) is 23.6 Å². The van der Waals surface area contributed by atoms with Crippen molar-refractivity contribution in [1.82, 2.24) is 9.55 Å². The van der Waals surface area contributed by atoms with E-state index in [0.717, 1.165) is 10.8 Å². The van der Waals surface area contributed by atoms with Crippen molar-refractivity contribution in [3.8, 4) is 0 Å². The summed E-state index contributed by atoms with van der Waals surface area (Å²) in [6.45, 7) is 1.03. The fourth-order valence-corrected chi connectivity index (χ4v) is 2.69. The number of halogens is 1. The normalized spacial score (nSPS) is 10.4. The molecule has 3 N–H and O–H groups in total. The van der Waals surface area contributed by atoms with E-state index in [1.54, 1.807) is 24.3 Å². The molecule has 0 aliphatic rings. The zero-order chi connectivity index (χ0) is 21.0. The molecule has 1 aromatic heterocycles. The SMILES string of the molecule is CC(=O)Nc1cccc(NC(=O)c2c[nH]c(=O)n(Cc3ccccc3F)c2=O)c1. The number of aromatic nitrogens is 2. The maximum Gasteiger partial charge on any atom is 0.328 e. The Kier molecular flexibility index (Phi) is 5.68. The average molecular weight is 396 g/mol. The van der Waals surface area contributed by atoms with Crippen LogP contribution < -0.4 is 21.9 Å². The van der Waals surface area contributed by atoms with Crippen LogP contribution in [0.3, 0.4) is 0 Å². The van der Waals surface area contributed by atoms with Crippen LogP contribution in [0.25, 0.3) is 0 Å². The van der Waals surface area contributed by atoms with Crippen LogP contribution in [-0.2, 0) is 11.3 Å². The summed E-state index contributed by atoms with van der Waals surface area (Å²) in [5.41, 5.74) is -0.984. The first-order valence-electron chi connectivity index (χ1n) is 8.60. The van der Waals surface area contributed by atoms with Gasteiger partial charge in [0.05, 0.1) is 6.54 Å². The van der Waals surface area contributed by atoms with Crippen LogP contribution in [0.5, 0.6) is 0 Å². The third kappa shape index (κ3) is 4.64. The summed E-state index contributed by atoms with van der Waals surface area (Å²) in [7, 11) is 0. The van der Waals surface area contributed by atoms with Crippen molar-refractivity contribution in [3.63, 3.8) is 0 Å². The minimum atomic E-state index is -0.854. The lowest BCUT2D eigenvalue weighted by molar-refractivity contribution is -0.114. The van der Waals surface area contributed by atoms with Gasteiger partial charge in [-0.2, -0.15) is 0 Å². The van der Waals surface area contributed by atoms with E-state index in [-0.39, 0.29) is 23.6 Å². The Labute approximate surface area is 164 Å². The van der Waals surface area contributed by atoms with Crippen molar-refractivity contribution >= 4 is 23.2 Å². The number of hydrogen-bond acceptors (Lipinski definition) is 4. The van der Waals surface area contributed by atoms with Gasteiger partial charge in [0, 0.05) is 30.1 Å². The molecule has 2 amide bonds. The van der Waals surface area contributed by atoms with Crippen LogP contribution in [0, 0.1) is 5.82 Å². The van der Waals surface area contributed by atoms with E-state index in [2.05, 4.69) is 15.6 Å². The van der Waals surface area contributed by atoms with Gasteiger partial charge < -0.3 is 15.6 Å². The van der Waals surface area contributed by atoms with Crippen molar-refractivity contribution in [3.05, 3.63) is 92.5 Å². The highest BCUT2D eigenvalue weighted by molar-refractivity contribution is 6.04. The Balaban J connectivity index is 1.89. The fourth-order valence-electron chi connectivity index (χ4n) is 2.69. The molecular formula is C20H17FN4O4. The van der Waals surface area contributed by atoms with Crippen molar-refractivity contribution in [2.75, 3.05) is 10.6 Å². The first-order valence-corrected chi connectivity index (χ1v) is 8.60. The van der Waals surface area contributed by atoms with Crippen molar-refractivity contribution in [2.45, 2.75) is 13.5 Å². The van der Waals surface area contributed by atoms with Gasteiger partial charge in [0.1, 0.15) is 11.4 Å². The maximum atomic E-state index is 13.9. The van der Waals surface area contributed by atoms with Crippen LogP contribution >= 0.6 is 0 Å². The summed E-state index contributed by atoms with van der Waals surface area (Å²) < 4.78 is 14.6. The minimum absolute atomic E-state index is 0.140. The number of amides is 2. The number of H-pyrrole nitrogens is 1. The number of hydrogen-bond donors (Lipinski definition) is 3. The lowest BCUT2D eigenvalue weighted by Crippen LogP contribution is -2.39. The second-order valence-corrected chi connectivity index (χ2v) is 6.21. The third-order valence-corrected chi connectivity index (χ3v) is 4.03. The van der Waals surface area contributed by atoms with Gasteiger partial charge >= 0.3 is 5.69 Å². The average Bonchev–Trinajstić information content (AvgIpc) is 2.66. The molecule has 0 radical (unpaired) electrons. The predicted molar refractivity (Wildman–Crippen MR) is 106 cm³/mol. The molecule has 0 aliphatic carbocycles. The van der Waals surface area contributed by atoms with Crippen LogP contribution in [0.1, 0.15) is 22.8 Å². The van der Waals surface area contributed by atoms with E-state index < -0.39 is 23.0 Å². The van der Waals surface area contributed by atoms with Gasteiger partial charge in [-0.25, -0.2) is 9.18 Å². The summed E-state index contributed by atoms with van der Waals surface area (Å²) in [4.78, 5) is 50.7. The number of rotatable bonds is 5. The van der Waals surface area contributed by atoms with Gasteiger partial charge in [-0.1, -0.05) is 24.3 Å². The lowest BCUT2D eigenvalue weighted by atomic mass is 10.2. The number of anilines is 2. The van der Waals surface area contributed by atoms with E-state index in [1.165, 1.54) is 31.2 Å². The molecule has 29 heavy (non-hydrogen) atoms.